The summed E-state index contributed by atoms with van der Waals surface area (Å²) in [6.45, 7) is 4.05. The number of benzene rings is 2. The number of hydrogen-bond acceptors (Lipinski definition) is 5. The molecule has 1 fully saturated rings. The number of ether oxygens (including phenoxy) is 2. The lowest BCUT2D eigenvalue weighted by Crippen LogP contribution is -2.46. The van der Waals surface area contributed by atoms with Crippen LogP contribution < -0.4 is 9.64 Å². The Hall–Kier alpha value is -3.20. The number of piperazine rings is 1. The summed E-state index contributed by atoms with van der Waals surface area (Å²) in [7, 11) is 1.27. The number of aryl methyl sites for hydroxylation is 1. The third-order valence-electron chi connectivity index (χ3n) is 6.19. The summed E-state index contributed by atoms with van der Waals surface area (Å²) in [4.78, 5) is 19.0. The average Bonchev–Trinajstić information content (AvgIpc) is 3.24. The molecule has 4 rings (SSSR count). The van der Waals surface area contributed by atoms with Gasteiger partial charge in [-0.05, 0) is 67.8 Å². The molecule has 0 bridgehead atoms. The number of halogens is 3. The zero-order valence-corrected chi connectivity index (χ0v) is 19.0. The van der Waals surface area contributed by atoms with Crippen molar-refractivity contribution in [2.75, 3.05) is 44.7 Å². The summed E-state index contributed by atoms with van der Waals surface area (Å²) in [5, 5.41) is 1.02. The highest BCUT2D eigenvalue weighted by atomic mass is 19.4. The van der Waals surface area contributed by atoms with Crippen molar-refractivity contribution in [2.24, 2.45) is 0 Å². The van der Waals surface area contributed by atoms with Gasteiger partial charge in [0.15, 0.2) is 0 Å². The van der Waals surface area contributed by atoms with E-state index in [0.29, 0.717) is 24.5 Å². The van der Waals surface area contributed by atoms with Crippen LogP contribution in [0.15, 0.2) is 48.7 Å². The summed E-state index contributed by atoms with van der Waals surface area (Å²) in [5.74, 6) is 0.443. The van der Waals surface area contributed by atoms with Crippen LogP contribution in [0.1, 0.15) is 24.0 Å². The molecule has 1 aliphatic heterocycles. The normalized spacial score (nSPS) is 15.0. The van der Waals surface area contributed by atoms with Gasteiger partial charge in [0.1, 0.15) is 5.75 Å². The van der Waals surface area contributed by atoms with Crippen molar-refractivity contribution in [1.29, 1.82) is 0 Å². The molecule has 34 heavy (non-hydrogen) atoms. The van der Waals surface area contributed by atoms with E-state index in [1.165, 1.54) is 24.8 Å². The molecule has 2 heterocycles. The summed E-state index contributed by atoms with van der Waals surface area (Å²) in [6, 6.07) is 11.0. The molecule has 0 amide bonds. The standard InChI is InChI=1S/C25H28F3N3O3/c1-33-24(32)34-21-8-9-23-22(16-21)18(17-29-23)5-2-3-10-30-11-13-31(14-12-30)20-7-4-6-19(15-20)25(26,27)28/h4,6-9,15-17,29H,2-3,5,10-14H2,1H3. The Morgan fingerprint density at radius 2 is 1.85 bits per heavy atom. The molecule has 1 saturated heterocycles. The Labute approximate surface area is 196 Å². The Kier molecular flexibility index (Phi) is 7.31. The molecule has 9 heteroatoms. The number of carbonyl (C=O) groups excluding carboxylic acids is 1. The van der Waals surface area contributed by atoms with Gasteiger partial charge in [0.2, 0.25) is 0 Å². The third kappa shape index (κ3) is 5.83. The molecule has 0 aliphatic carbocycles. The number of hydrogen-bond donors (Lipinski definition) is 1. The first-order valence-electron chi connectivity index (χ1n) is 11.3. The van der Waals surface area contributed by atoms with Crippen LogP contribution in [-0.2, 0) is 17.3 Å². The highest BCUT2D eigenvalue weighted by Crippen LogP contribution is 2.32. The van der Waals surface area contributed by atoms with Gasteiger partial charge in [-0.1, -0.05) is 6.07 Å². The van der Waals surface area contributed by atoms with E-state index in [4.69, 9.17) is 4.74 Å². The second-order valence-electron chi connectivity index (χ2n) is 8.41. The van der Waals surface area contributed by atoms with Crippen LogP contribution in [0.2, 0.25) is 0 Å². The molecule has 2 aromatic carbocycles. The Morgan fingerprint density at radius 3 is 2.59 bits per heavy atom. The van der Waals surface area contributed by atoms with Gasteiger partial charge >= 0.3 is 12.3 Å². The highest BCUT2D eigenvalue weighted by Gasteiger charge is 2.31. The van der Waals surface area contributed by atoms with Gasteiger partial charge in [-0.25, -0.2) is 4.79 Å². The van der Waals surface area contributed by atoms with Gasteiger partial charge in [0, 0.05) is 49.0 Å². The number of H-pyrrole nitrogens is 1. The largest absolute Gasteiger partial charge is 0.513 e. The van der Waals surface area contributed by atoms with Crippen molar-refractivity contribution in [3.05, 3.63) is 59.8 Å². The van der Waals surface area contributed by atoms with Crippen LogP contribution in [0, 0.1) is 0 Å². The summed E-state index contributed by atoms with van der Waals surface area (Å²) in [6.07, 6.45) is -0.160. The quantitative estimate of drug-likeness (QED) is 0.279. The van der Waals surface area contributed by atoms with E-state index in [-0.39, 0.29) is 0 Å². The number of carbonyl (C=O) groups is 1. The number of rotatable bonds is 7. The van der Waals surface area contributed by atoms with Crippen LogP contribution >= 0.6 is 0 Å². The van der Waals surface area contributed by atoms with Crippen molar-refractivity contribution in [1.82, 2.24) is 9.88 Å². The van der Waals surface area contributed by atoms with Crippen molar-refractivity contribution >= 4 is 22.7 Å². The fourth-order valence-electron chi connectivity index (χ4n) is 4.33. The molecule has 3 aromatic rings. The number of nitrogens with zero attached hydrogens (tertiary/aromatic N) is 2. The Morgan fingerprint density at radius 1 is 1.06 bits per heavy atom. The second-order valence-corrected chi connectivity index (χ2v) is 8.41. The molecule has 1 aromatic heterocycles. The highest BCUT2D eigenvalue weighted by molar-refractivity contribution is 5.85. The molecule has 0 atom stereocenters. The lowest BCUT2D eigenvalue weighted by Gasteiger charge is -2.36. The molecular formula is C25H28F3N3O3. The molecule has 0 unspecified atom stereocenters. The zero-order valence-electron chi connectivity index (χ0n) is 19.0. The minimum Gasteiger partial charge on any atom is -0.437 e. The fourth-order valence-corrected chi connectivity index (χ4v) is 4.33. The number of fused-ring (bicyclic) bond motifs is 1. The maximum absolute atomic E-state index is 13.0. The molecule has 1 N–H and O–H groups in total. The maximum Gasteiger partial charge on any atom is 0.513 e. The number of aromatic nitrogens is 1. The molecule has 6 nitrogen and oxygen atoms in total. The summed E-state index contributed by atoms with van der Waals surface area (Å²) in [5.41, 5.74) is 2.18. The van der Waals surface area contributed by atoms with Crippen molar-refractivity contribution in [2.45, 2.75) is 25.4 Å². The Bertz CT molecular complexity index is 1120. The van der Waals surface area contributed by atoms with Crippen LogP contribution in [-0.4, -0.2) is 55.9 Å². The summed E-state index contributed by atoms with van der Waals surface area (Å²) < 4.78 is 48.6. The fraction of sp³-hybridized carbons (Fsp3) is 0.400. The monoisotopic (exact) mass is 475 g/mol. The van der Waals surface area contributed by atoms with E-state index < -0.39 is 17.9 Å². The molecule has 0 saturated carbocycles. The van der Waals surface area contributed by atoms with Crippen LogP contribution in [0.5, 0.6) is 5.75 Å². The Balaban J connectivity index is 1.24. The number of alkyl halides is 3. The molecule has 182 valence electrons. The van der Waals surface area contributed by atoms with E-state index in [1.54, 1.807) is 12.1 Å². The van der Waals surface area contributed by atoms with Gasteiger partial charge in [0.25, 0.3) is 0 Å². The van der Waals surface area contributed by atoms with Crippen LogP contribution in [0.4, 0.5) is 23.7 Å². The van der Waals surface area contributed by atoms with Gasteiger partial charge in [-0.15, -0.1) is 0 Å². The summed E-state index contributed by atoms with van der Waals surface area (Å²) >= 11 is 0. The average molecular weight is 476 g/mol. The SMILES string of the molecule is COC(=O)Oc1ccc2[nH]cc(CCCCN3CCN(c4cccc(C(F)(F)F)c4)CC3)c2c1. The maximum atomic E-state index is 13.0. The number of methoxy groups -OCH3 is 1. The topological polar surface area (TPSA) is 57.8 Å². The zero-order chi connectivity index (χ0) is 24.1. The lowest BCUT2D eigenvalue weighted by atomic mass is 10.1. The molecule has 0 radical (unpaired) electrons. The van der Waals surface area contributed by atoms with Crippen LogP contribution in [0.3, 0.4) is 0 Å². The predicted octanol–water partition coefficient (Wildman–Crippen LogP) is 5.48. The first-order valence-corrected chi connectivity index (χ1v) is 11.3. The van der Waals surface area contributed by atoms with Gasteiger partial charge in [-0.3, -0.25) is 4.90 Å². The number of aromatic amines is 1. The van der Waals surface area contributed by atoms with Gasteiger partial charge in [0.05, 0.1) is 12.7 Å². The molecule has 0 spiro atoms. The van der Waals surface area contributed by atoms with Crippen molar-refractivity contribution < 1.29 is 27.4 Å². The van der Waals surface area contributed by atoms with Crippen molar-refractivity contribution in [3.63, 3.8) is 0 Å². The van der Waals surface area contributed by atoms with E-state index in [0.717, 1.165) is 55.9 Å². The van der Waals surface area contributed by atoms with E-state index >= 15 is 0 Å². The lowest BCUT2D eigenvalue weighted by molar-refractivity contribution is -0.137. The van der Waals surface area contributed by atoms with Gasteiger partial charge in [-0.2, -0.15) is 13.2 Å². The van der Waals surface area contributed by atoms with E-state index in [9.17, 15) is 18.0 Å². The predicted molar refractivity (Wildman–Crippen MR) is 124 cm³/mol. The van der Waals surface area contributed by atoms with Crippen LogP contribution in [0.25, 0.3) is 10.9 Å². The number of nitrogens with one attached hydrogen (secondary N) is 1. The number of unbranched alkanes of at least 4 members (excludes halogenated alkanes) is 1. The van der Waals surface area contributed by atoms with E-state index in [2.05, 4.69) is 14.6 Å². The minimum atomic E-state index is -4.32. The first kappa shape index (κ1) is 23.9. The smallest absolute Gasteiger partial charge is 0.437 e. The second kappa shape index (κ2) is 10.4. The number of anilines is 1. The third-order valence-corrected chi connectivity index (χ3v) is 6.19. The van der Waals surface area contributed by atoms with E-state index in [1.807, 2.05) is 23.2 Å². The first-order chi connectivity index (χ1) is 16.3. The molecule has 1 aliphatic rings. The minimum absolute atomic E-state index is 0.443. The van der Waals surface area contributed by atoms with Gasteiger partial charge < -0.3 is 19.4 Å². The van der Waals surface area contributed by atoms with Crippen molar-refractivity contribution in [3.8, 4) is 5.75 Å². The molecular weight excluding hydrogens is 447 g/mol.